The lowest BCUT2D eigenvalue weighted by molar-refractivity contribution is 0.139. The van der Waals surface area contributed by atoms with E-state index in [1.54, 1.807) is 0 Å². The first-order valence-electron chi connectivity index (χ1n) is 5.86. The minimum Gasteiger partial charge on any atom is -0.445 e. The first-order chi connectivity index (χ1) is 8.29. The molecule has 2 atom stereocenters. The van der Waals surface area contributed by atoms with Crippen LogP contribution in [-0.2, 0) is 11.3 Å². The standard InChI is InChI=1S/C14H17NO2/c1-2-12-8-13(12)9-15-14(16)17-10-11-6-4-3-5-7-11/h2-7,12-13H,1,8-10H2,(H,15,16)/t12-,13+/m1/s1. The molecule has 0 bridgehead atoms. The van der Waals surface area contributed by atoms with Crippen LogP contribution in [0.5, 0.6) is 0 Å². The molecule has 1 aromatic rings. The second-order valence-electron chi connectivity index (χ2n) is 4.34. The molecule has 1 aliphatic rings. The highest BCUT2D eigenvalue weighted by Gasteiger charge is 2.34. The average molecular weight is 231 g/mol. The molecule has 17 heavy (non-hydrogen) atoms. The van der Waals surface area contributed by atoms with Crippen LogP contribution in [0.15, 0.2) is 43.0 Å². The lowest BCUT2D eigenvalue weighted by Gasteiger charge is -2.06. The molecule has 1 fully saturated rings. The molecule has 2 rings (SSSR count). The highest BCUT2D eigenvalue weighted by Crippen LogP contribution is 2.38. The third-order valence-corrected chi connectivity index (χ3v) is 3.00. The Labute approximate surface area is 101 Å². The van der Waals surface area contributed by atoms with Gasteiger partial charge >= 0.3 is 6.09 Å². The third-order valence-electron chi connectivity index (χ3n) is 3.00. The van der Waals surface area contributed by atoms with Gasteiger partial charge in [0.05, 0.1) is 0 Å². The summed E-state index contributed by atoms with van der Waals surface area (Å²) < 4.78 is 5.10. The van der Waals surface area contributed by atoms with Crippen LogP contribution in [0.25, 0.3) is 0 Å². The number of carbonyl (C=O) groups excluding carboxylic acids is 1. The Hall–Kier alpha value is -1.77. The van der Waals surface area contributed by atoms with Crippen LogP contribution in [0.2, 0.25) is 0 Å². The Kier molecular flexibility index (Phi) is 3.81. The summed E-state index contributed by atoms with van der Waals surface area (Å²) in [6.07, 6.45) is 2.73. The number of rotatable bonds is 5. The van der Waals surface area contributed by atoms with Gasteiger partial charge in [-0.05, 0) is 23.8 Å². The Morgan fingerprint density at radius 1 is 1.47 bits per heavy atom. The molecule has 0 unspecified atom stereocenters. The van der Waals surface area contributed by atoms with Crippen LogP contribution in [-0.4, -0.2) is 12.6 Å². The largest absolute Gasteiger partial charge is 0.445 e. The third kappa shape index (κ3) is 3.63. The zero-order valence-electron chi connectivity index (χ0n) is 9.76. The molecule has 90 valence electrons. The topological polar surface area (TPSA) is 38.3 Å². The quantitative estimate of drug-likeness (QED) is 0.791. The molecule has 0 spiro atoms. The van der Waals surface area contributed by atoms with E-state index in [9.17, 15) is 4.79 Å². The summed E-state index contributed by atoms with van der Waals surface area (Å²) in [5.41, 5.74) is 0.998. The van der Waals surface area contributed by atoms with Crippen molar-refractivity contribution < 1.29 is 9.53 Å². The van der Waals surface area contributed by atoms with Crippen molar-refractivity contribution in [3.8, 4) is 0 Å². The molecule has 0 aliphatic heterocycles. The second kappa shape index (κ2) is 5.53. The maximum absolute atomic E-state index is 11.4. The molecule has 1 aliphatic carbocycles. The van der Waals surface area contributed by atoms with Crippen molar-refractivity contribution >= 4 is 6.09 Å². The summed E-state index contributed by atoms with van der Waals surface area (Å²) in [5.74, 6) is 1.13. The summed E-state index contributed by atoms with van der Waals surface area (Å²) in [4.78, 5) is 11.4. The van der Waals surface area contributed by atoms with E-state index in [0.29, 0.717) is 25.0 Å². The van der Waals surface area contributed by atoms with Gasteiger partial charge < -0.3 is 10.1 Å². The molecular weight excluding hydrogens is 214 g/mol. The van der Waals surface area contributed by atoms with Gasteiger partial charge in [0.15, 0.2) is 0 Å². The number of carbonyl (C=O) groups is 1. The van der Waals surface area contributed by atoms with E-state index in [0.717, 1.165) is 12.0 Å². The lowest BCUT2D eigenvalue weighted by Crippen LogP contribution is -2.26. The van der Waals surface area contributed by atoms with Crippen LogP contribution in [0, 0.1) is 11.8 Å². The number of benzene rings is 1. The molecule has 1 aromatic carbocycles. The molecule has 0 aromatic heterocycles. The summed E-state index contributed by atoms with van der Waals surface area (Å²) in [6.45, 7) is 4.74. The zero-order valence-corrected chi connectivity index (χ0v) is 9.76. The number of allylic oxidation sites excluding steroid dienone is 1. The van der Waals surface area contributed by atoms with Gasteiger partial charge in [-0.25, -0.2) is 4.79 Å². The fraction of sp³-hybridized carbons (Fsp3) is 0.357. The van der Waals surface area contributed by atoms with Gasteiger partial charge in [-0.15, -0.1) is 6.58 Å². The van der Waals surface area contributed by atoms with Crippen molar-refractivity contribution in [1.29, 1.82) is 0 Å². The van der Waals surface area contributed by atoms with Crippen LogP contribution in [0.4, 0.5) is 4.79 Å². The lowest BCUT2D eigenvalue weighted by atomic mass is 10.2. The van der Waals surface area contributed by atoms with Gasteiger partial charge in [0.1, 0.15) is 6.61 Å². The van der Waals surface area contributed by atoms with Crippen molar-refractivity contribution in [3.63, 3.8) is 0 Å². The number of hydrogen-bond donors (Lipinski definition) is 1. The van der Waals surface area contributed by atoms with E-state index >= 15 is 0 Å². The van der Waals surface area contributed by atoms with Crippen LogP contribution in [0.3, 0.4) is 0 Å². The van der Waals surface area contributed by atoms with Gasteiger partial charge in [-0.3, -0.25) is 0 Å². The van der Waals surface area contributed by atoms with E-state index < -0.39 is 0 Å². The summed E-state index contributed by atoms with van der Waals surface area (Å²) in [6, 6.07) is 9.65. The SMILES string of the molecule is C=C[C@@H]1C[C@H]1CNC(=O)OCc1ccccc1. The van der Waals surface area contributed by atoms with E-state index in [4.69, 9.17) is 4.74 Å². The Morgan fingerprint density at radius 3 is 2.88 bits per heavy atom. The molecule has 1 saturated carbocycles. The number of ether oxygens (including phenoxy) is 1. The second-order valence-corrected chi connectivity index (χ2v) is 4.34. The number of nitrogens with one attached hydrogen (secondary N) is 1. The van der Waals surface area contributed by atoms with Crippen LogP contribution < -0.4 is 5.32 Å². The number of alkyl carbamates (subject to hydrolysis) is 1. The first-order valence-corrected chi connectivity index (χ1v) is 5.86. The fourth-order valence-electron chi connectivity index (χ4n) is 1.78. The van der Waals surface area contributed by atoms with Crippen molar-refractivity contribution in [3.05, 3.63) is 48.6 Å². The number of amides is 1. The molecular formula is C14H17NO2. The summed E-state index contributed by atoms with van der Waals surface area (Å²) in [7, 11) is 0. The van der Waals surface area contributed by atoms with Crippen molar-refractivity contribution in [2.45, 2.75) is 13.0 Å². The van der Waals surface area contributed by atoms with E-state index in [1.165, 1.54) is 0 Å². The van der Waals surface area contributed by atoms with Gasteiger partial charge in [-0.1, -0.05) is 36.4 Å². The monoisotopic (exact) mass is 231 g/mol. The molecule has 3 heteroatoms. The number of hydrogen-bond acceptors (Lipinski definition) is 2. The predicted octanol–water partition coefficient (Wildman–Crippen LogP) is 2.73. The Bertz CT molecular complexity index is 388. The highest BCUT2D eigenvalue weighted by atomic mass is 16.5. The first kappa shape index (κ1) is 11.7. The minimum absolute atomic E-state index is 0.322. The van der Waals surface area contributed by atoms with E-state index in [2.05, 4.69) is 11.9 Å². The normalized spacial score (nSPS) is 21.6. The minimum atomic E-state index is -0.344. The Morgan fingerprint density at radius 2 is 2.24 bits per heavy atom. The molecule has 1 N–H and O–H groups in total. The van der Waals surface area contributed by atoms with Gasteiger partial charge in [0.2, 0.25) is 0 Å². The molecule has 0 saturated heterocycles. The predicted molar refractivity (Wildman–Crippen MR) is 66.4 cm³/mol. The molecule has 0 radical (unpaired) electrons. The van der Waals surface area contributed by atoms with Gasteiger partial charge in [0.25, 0.3) is 0 Å². The maximum atomic E-state index is 11.4. The van der Waals surface area contributed by atoms with Crippen molar-refractivity contribution in [2.24, 2.45) is 11.8 Å². The van der Waals surface area contributed by atoms with Crippen LogP contribution in [0.1, 0.15) is 12.0 Å². The van der Waals surface area contributed by atoms with Gasteiger partial charge in [-0.2, -0.15) is 0 Å². The van der Waals surface area contributed by atoms with Gasteiger partial charge in [0, 0.05) is 6.54 Å². The van der Waals surface area contributed by atoms with E-state index in [-0.39, 0.29) is 6.09 Å². The average Bonchev–Trinajstić information content (AvgIpc) is 3.14. The fourth-order valence-corrected chi connectivity index (χ4v) is 1.78. The molecule has 0 heterocycles. The van der Waals surface area contributed by atoms with Crippen molar-refractivity contribution in [1.82, 2.24) is 5.32 Å². The summed E-state index contributed by atoms with van der Waals surface area (Å²) in [5, 5.41) is 2.77. The zero-order chi connectivity index (χ0) is 12.1. The van der Waals surface area contributed by atoms with E-state index in [1.807, 2.05) is 36.4 Å². The maximum Gasteiger partial charge on any atom is 0.407 e. The highest BCUT2D eigenvalue weighted by molar-refractivity contribution is 5.67. The van der Waals surface area contributed by atoms with Crippen molar-refractivity contribution in [2.75, 3.05) is 6.54 Å². The Balaban J connectivity index is 1.63. The molecule has 1 amide bonds. The van der Waals surface area contributed by atoms with Crippen LogP contribution >= 0.6 is 0 Å². The smallest absolute Gasteiger partial charge is 0.407 e. The molecule has 3 nitrogen and oxygen atoms in total. The summed E-state index contributed by atoms with van der Waals surface area (Å²) >= 11 is 0.